The summed E-state index contributed by atoms with van der Waals surface area (Å²) in [6, 6.07) is 0. The second kappa shape index (κ2) is 9.54. The Hall–Kier alpha value is -2.62. The zero-order valence-electron chi connectivity index (χ0n) is 22.4. The first-order valence-electron chi connectivity index (χ1n) is 13.2. The molecule has 0 unspecified atom stereocenters. The number of rotatable bonds is 6. The minimum Gasteiger partial charge on any atom is -0.458 e. The molecule has 0 radical (unpaired) electrons. The Labute approximate surface area is 220 Å². The normalized spacial score (nSPS) is 43.3. The van der Waals surface area contributed by atoms with E-state index in [9.17, 15) is 24.3 Å². The minimum absolute atomic E-state index is 0.00552. The largest absolute Gasteiger partial charge is 0.509 e. The van der Waals surface area contributed by atoms with Gasteiger partial charge in [0.1, 0.15) is 6.17 Å². The van der Waals surface area contributed by atoms with Crippen LogP contribution >= 0.6 is 0 Å². The van der Waals surface area contributed by atoms with Gasteiger partial charge in [0.2, 0.25) is 5.78 Å². The number of ketones is 2. The number of Topliss-reactive ketones (excluding diaryl/α,β-unsaturated/α-hetero) is 1. The third kappa shape index (κ3) is 3.77. The van der Waals surface area contributed by atoms with E-state index in [2.05, 4.69) is 0 Å². The molecule has 10 heteroatoms. The maximum absolute atomic E-state index is 17.4. The van der Waals surface area contributed by atoms with Gasteiger partial charge in [-0.25, -0.2) is 13.6 Å². The third-order valence-corrected chi connectivity index (χ3v) is 9.66. The third-order valence-electron chi connectivity index (χ3n) is 9.66. The molecule has 1 N–H and O–H groups in total. The number of carbonyl (C=O) groups is 4. The van der Waals surface area contributed by atoms with Gasteiger partial charge in [0.15, 0.2) is 23.7 Å². The average Bonchev–Trinajstić information content (AvgIpc) is 3.06. The minimum atomic E-state index is -2.35. The lowest BCUT2D eigenvalue weighted by Gasteiger charge is -2.63. The van der Waals surface area contributed by atoms with E-state index in [-0.39, 0.29) is 31.4 Å². The van der Waals surface area contributed by atoms with Crippen molar-refractivity contribution in [1.82, 2.24) is 0 Å². The number of fused-ring (bicyclic) bond motifs is 5. The van der Waals surface area contributed by atoms with E-state index in [0.717, 1.165) is 13.0 Å². The number of aliphatic hydroxyl groups excluding tert-OH is 1. The summed E-state index contributed by atoms with van der Waals surface area (Å²) in [4.78, 5) is 50.1. The molecular weight excluding hydrogens is 502 g/mol. The van der Waals surface area contributed by atoms with Gasteiger partial charge in [-0.2, -0.15) is 0 Å². The van der Waals surface area contributed by atoms with Gasteiger partial charge in [0.25, 0.3) is 0 Å². The highest BCUT2D eigenvalue weighted by Gasteiger charge is 2.78. The number of halogens is 2. The number of aliphatic hydroxyl groups is 1. The molecule has 0 heterocycles. The fourth-order valence-corrected chi connectivity index (χ4v) is 8.01. The van der Waals surface area contributed by atoms with Gasteiger partial charge in [0.05, 0.1) is 12.7 Å². The molecule has 0 aromatic carbocycles. The van der Waals surface area contributed by atoms with Crippen molar-refractivity contribution in [1.29, 1.82) is 0 Å². The van der Waals surface area contributed by atoms with Crippen LogP contribution < -0.4 is 0 Å². The SMILES string of the molecule is CCCOC(=O)O[C@]1(C(=O)COC(C)=O)[C@H](C)C[C@H]2[C@@H]3C[C@H](F)C4=CC(=O)C=C[C@]4(C)[C@@]3(F)[C@@H](O)C[C@@]21C. The lowest BCUT2D eigenvalue weighted by atomic mass is 9.44. The van der Waals surface area contributed by atoms with Crippen molar-refractivity contribution in [2.75, 3.05) is 13.2 Å². The number of hydrogen-bond acceptors (Lipinski definition) is 8. The van der Waals surface area contributed by atoms with Crippen molar-refractivity contribution in [2.24, 2.45) is 28.6 Å². The Morgan fingerprint density at radius 2 is 1.84 bits per heavy atom. The number of ether oxygens (including phenoxy) is 3. The second-order valence-corrected chi connectivity index (χ2v) is 11.6. The van der Waals surface area contributed by atoms with Crippen molar-refractivity contribution in [3.8, 4) is 0 Å². The first-order valence-corrected chi connectivity index (χ1v) is 13.2. The maximum Gasteiger partial charge on any atom is 0.509 e. The summed E-state index contributed by atoms with van der Waals surface area (Å²) >= 11 is 0. The van der Waals surface area contributed by atoms with E-state index in [0.29, 0.717) is 6.42 Å². The molecule has 0 aromatic rings. The van der Waals surface area contributed by atoms with Crippen LogP contribution in [0.5, 0.6) is 0 Å². The van der Waals surface area contributed by atoms with E-state index in [1.807, 2.05) is 0 Å². The highest BCUT2D eigenvalue weighted by Crippen LogP contribution is 2.71. The molecule has 38 heavy (non-hydrogen) atoms. The molecule has 0 spiro atoms. The molecule has 0 bridgehead atoms. The van der Waals surface area contributed by atoms with Crippen LogP contribution in [0.2, 0.25) is 0 Å². The molecule has 3 fully saturated rings. The van der Waals surface area contributed by atoms with E-state index < -0.39 is 82.4 Å². The summed E-state index contributed by atoms with van der Waals surface area (Å²) in [5, 5.41) is 11.5. The van der Waals surface area contributed by atoms with Crippen LogP contribution in [0.15, 0.2) is 23.8 Å². The molecule has 4 aliphatic carbocycles. The maximum atomic E-state index is 17.4. The van der Waals surface area contributed by atoms with Crippen LogP contribution in [-0.4, -0.2) is 65.6 Å². The number of carbonyl (C=O) groups excluding carboxylic acids is 4. The van der Waals surface area contributed by atoms with Gasteiger partial charge in [-0.05, 0) is 56.3 Å². The molecule has 0 aromatic heterocycles. The van der Waals surface area contributed by atoms with E-state index in [1.54, 1.807) is 20.8 Å². The van der Waals surface area contributed by atoms with Crippen molar-refractivity contribution >= 4 is 23.7 Å². The summed E-state index contributed by atoms with van der Waals surface area (Å²) in [5.41, 5.74) is -7.18. The van der Waals surface area contributed by atoms with Gasteiger partial charge in [-0.1, -0.05) is 26.8 Å². The Kier molecular flexibility index (Phi) is 7.12. The van der Waals surface area contributed by atoms with Crippen LogP contribution in [0, 0.1) is 28.6 Å². The fourth-order valence-electron chi connectivity index (χ4n) is 8.01. The molecule has 3 saturated carbocycles. The highest BCUT2D eigenvalue weighted by atomic mass is 19.1. The fraction of sp³-hybridized carbons (Fsp3) is 0.714. The Morgan fingerprint density at radius 3 is 2.47 bits per heavy atom. The molecule has 0 amide bonds. The van der Waals surface area contributed by atoms with Crippen LogP contribution in [-0.2, 0) is 28.6 Å². The molecule has 4 aliphatic rings. The molecule has 9 atom stereocenters. The Balaban J connectivity index is 1.82. The van der Waals surface area contributed by atoms with Crippen molar-refractivity contribution in [2.45, 2.75) is 83.8 Å². The van der Waals surface area contributed by atoms with Crippen LogP contribution in [0.1, 0.15) is 60.3 Å². The average molecular weight is 539 g/mol. The topological polar surface area (TPSA) is 116 Å². The number of allylic oxidation sites excluding steroid dienone is 4. The Bertz CT molecular complexity index is 1100. The lowest BCUT2D eigenvalue weighted by Crippen LogP contribution is -2.71. The van der Waals surface area contributed by atoms with E-state index >= 15 is 8.78 Å². The Morgan fingerprint density at radius 1 is 1.16 bits per heavy atom. The number of alkyl halides is 2. The molecule has 0 saturated heterocycles. The quantitative estimate of drug-likeness (QED) is 0.505. The van der Waals surface area contributed by atoms with E-state index in [1.165, 1.54) is 19.1 Å². The highest BCUT2D eigenvalue weighted by molar-refractivity contribution is 6.01. The summed E-state index contributed by atoms with van der Waals surface area (Å²) in [6.07, 6.45) is -0.683. The summed E-state index contributed by atoms with van der Waals surface area (Å²) < 4.78 is 49.0. The van der Waals surface area contributed by atoms with Gasteiger partial charge in [0, 0.05) is 29.6 Å². The number of hydrogen-bond donors (Lipinski definition) is 1. The van der Waals surface area contributed by atoms with Gasteiger partial charge >= 0.3 is 12.1 Å². The standard InChI is InChI=1S/C28H36F2O8/c1-6-9-36-24(35)38-28(23(34)14-37-16(3)31)15(2)10-18-19-12-21(29)20-11-17(32)7-8-25(20,4)27(19,30)22(33)13-26(18,28)5/h7-8,11,15,18-19,21-22,33H,6,9-10,12-14H2,1-5H3/t15-,18+,19+,21+,22+,25+,26+,27+,28+/m1/s1. The second-order valence-electron chi connectivity index (χ2n) is 11.6. The zero-order valence-corrected chi connectivity index (χ0v) is 22.4. The predicted octanol–water partition coefficient (Wildman–Crippen LogP) is 3.99. The van der Waals surface area contributed by atoms with Gasteiger partial charge in [-0.3, -0.25) is 14.4 Å². The van der Waals surface area contributed by atoms with Crippen molar-refractivity contribution < 1.29 is 47.3 Å². The van der Waals surface area contributed by atoms with Crippen LogP contribution in [0.3, 0.4) is 0 Å². The van der Waals surface area contributed by atoms with Crippen LogP contribution in [0.25, 0.3) is 0 Å². The monoisotopic (exact) mass is 538 g/mol. The summed E-state index contributed by atoms with van der Waals surface area (Å²) in [6.45, 7) is 7.09. The van der Waals surface area contributed by atoms with Crippen molar-refractivity contribution in [3.63, 3.8) is 0 Å². The predicted molar refractivity (Wildman–Crippen MR) is 130 cm³/mol. The molecule has 210 valence electrons. The number of esters is 1. The molecule has 8 nitrogen and oxygen atoms in total. The van der Waals surface area contributed by atoms with Crippen LogP contribution in [0.4, 0.5) is 13.6 Å². The van der Waals surface area contributed by atoms with Gasteiger partial charge < -0.3 is 19.3 Å². The zero-order chi connectivity index (χ0) is 28.3. The van der Waals surface area contributed by atoms with Crippen molar-refractivity contribution in [3.05, 3.63) is 23.8 Å². The smallest absolute Gasteiger partial charge is 0.458 e. The first-order chi connectivity index (χ1) is 17.7. The molecular formula is C28H36F2O8. The summed E-state index contributed by atoms with van der Waals surface area (Å²) in [7, 11) is 0. The van der Waals surface area contributed by atoms with Gasteiger partial charge in [-0.15, -0.1) is 0 Å². The first kappa shape index (κ1) is 28.4. The molecule has 4 rings (SSSR count). The van der Waals surface area contributed by atoms with E-state index in [4.69, 9.17) is 14.2 Å². The lowest BCUT2D eigenvalue weighted by molar-refractivity contribution is -0.226. The molecule has 0 aliphatic heterocycles. The summed E-state index contributed by atoms with van der Waals surface area (Å²) in [5.74, 6) is -4.29.